The largest absolute Gasteiger partial charge is 0.497 e. The normalized spacial score (nSPS) is 12.8. The van der Waals surface area contributed by atoms with Gasteiger partial charge in [0.2, 0.25) is 0 Å². The molecular weight excluding hydrogens is 214 g/mol. The van der Waals surface area contributed by atoms with Crippen molar-refractivity contribution in [2.75, 3.05) is 13.7 Å². The van der Waals surface area contributed by atoms with Gasteiger partial charge in [-0.2, -0.15) is 0 Å². The quantitative estimate of drug-likeness (QED) is 0.792. The van der Waals surface area contributed by atoms with Crippen LogP contribution in [0, 0.1) is 0 Å². The van der Waals surface area contributed by atoms with Crippen LogP contribution in [0.2, 0.25) is 0 Å². The Labute approximate surface area is 104 Å². The molecule has 0 saturated heterocycles. The second-order valence-corrected chi connectivity index (χ2v) is 4.53. The molecule has 0 amide bonds. The van der Waals surface area contributed by atoms with E-state index < -0.39 is 0 Å². The number of rotatable bonds is 7. The summed E-state index contributed by atoms with van der Waals surface area (Å²) in [5.41, 5.74) is 7.26. The lowest BCUT2D eigenvalue weighted by Crippen LogP contribution is -2.28. The third kappa shape index (κ3) is 5.71. The van der Waals surface area contributed by atoms with Gasteiger partial charge in [-0.25, -0.2) is 0 Å². The van der Waals surface area contributed by atoms with E-state index in [0.717, 1.165) is 18.6 Å². The zero-order chi connectivity index (χ0) is 12.7. The molecule has 17 heavy (non-hydrogen) atoms. The predicted octanol–water partition coefficient (Wildman–Crippen LogP) is 2.38. The first-order chi connectivity index (χ1) is 8.11. The Morgan fingerprint density at radius 3 is 2.35 bits per heavy atom. The molecule has 3 heteroatoms. The van der Waals surface area contributed by atoms with Crippen LogP contribution in [0.25, 0.3) is 0 Å². The Hall–Kier alpha value is -1.06. The SMILES string of the molecule is COc1ccc(CCC(N)COC(C)C)cc1. The Morgan fingerprint density at radius 1 is 1.18 bits per heavy atom. The molecule has 0 bridgehead atoms. The van der Waals surface area contributed by atoms with E-state index in [-0.39, 0.29) is 12.1 Å². The number of nitrogens with two attached hydrogens (primary N) is 1. The summed E-state index contributed by atoms with van der Waals surface area (Å²) >= 11 is 0. The van der Waals surface area contributed by atoms with Crippen molar-refractivity contribution in [2.45, 2.75) is 38.8 Å². The van der Waals surface area contributed by atoms with E-state index in [1.807, 2.05) is 26.0 Å². The Morgan fingerprint density at radius 2 is 1.82 bits per heavy atom. The van der Waals surface area contributed by atoms with Gasteiger partial charge in [-0.1, -0.05) is 12.1 Å². The summed E-state index contributed by atoms with van der Waals surface area (Å²) in [6, 6.07) is 8.22. The highest BCUT2D eigenvalue weighted by atomic mass is 16.5. The maximum absolute atomic E-state index is 5.98. The highest BCUT2D eigenvalue weighted by Crippen LogP contribution is 2.13. The first kappa shape index (κ1) is 14.0. The van der Waals surface area contributed by atoms with Crippen LogP contribution in [0.4, 0.5) is 0 Å². The molecule has 1 unspecified atom stereocenters. The lowest BCUT2D eigenvalue weighted by Gasteiger charge is -2.14. The summed E-state index contributed by atoms with van der Waals surface area (Å²) in [6.45, 7) is 4.68. The lowest BCUT2D eigenvalue weighted by molar-refractivity contribution is 0.0670. The third-order valence-electron chi connectivity index (χ3n) is 2.61. The third-order valence-corrected chi connectivity index (χ3v) is 2.61. The molecule has 1 rings (SSSR count). The van der Waals surface area contributed by atoms with Crippen molar-refractivity contribution in [1.82, 2.24) is 0 Å². The van der Waals surface area contributed by atoms with Crippen LogP contribution in [-0.2, 0) is 11.2 Å². The summed E-state index contributed by atoms with van der Waals surface area (Å²) < 4.78 is 10.6. The summed E-state index contributed by atoms with van der Waals surface area (Å²) in [7, 11) is 1.67. The zero-order valence-electron chi connectivity index (χ0n) is 11.0. The second-order valence-electron chi connectivity index (χ2n) is 4.53. The number of hydrogen-bond acceptors (Lipinski definition) is 3. The summed E-state index contributed by atoms with van der Waals surface area (Å²) in [6.07, 6.45) is 2.17. The van der Waals surface area contributed by atoms with Gasteiger partial charge in [0.05, 0.1) is 19.8 Å². The molecule has 0 spiro atoms. The van der Waals surface area contributed by atoms with E-state index in [9.17, 15) is 0 Å². The first-order valence-corrected chi connectivity index (χ1v) is 6.12. The van der Waals surface area contributed by atoms with Crippen molar-refractivity contribution >= 4 is 0 Å². The maximum atomic E-state index is 5.98. The molecule has 0 aliphatic rings. The Bertz CT molecular complexity index is 309. The molecule has 0 heterocycles. The lowest BCUT2D eigenvalue weighted by atomic mass is 10.1. The molecule has 1 atom stereocenters. The first-order valence-electron chi connectivity index (χ1n) is 6.12. The monoisotopic (exact) mass is 237 g/mol. The average Bonchev–Trinajstić information content (AvgIpc) is 2.34. The summed E-state index contributed by atoms with van der Waals surface area (Å²) in [5, 5.41) is 0. The van der Waals surface area contributed by atoms with Gasteiger partial charge in [-0.05, 0) is 44.4 Å². The number of benzene rings is 1. The van der Waals surface area contributed by atoms with Gasteiger partial charge in [-0.15, -0.1) is 0 Å². The van der Waals surface area contributed by atoms with Crippen molar-refractivity contribution < 1.29 is 9.47 Å². The van der Waals surface area contributed by atoms with Crippen LogP contribution in [0.1, 0.15) is 25.8 Å². The highest BCUT2D eigenvalue weighted by molar-refractivity contribution is 5.27. The second kappa shape index (κ2) is 7.30. The van der Waals surface area contributed by atoms with Gasteiger partial charge in [-0.3, -0.25) is 0 Å². The standard InChI is InChI=1S/C14H23NO2/c1-11(2)17-10-13(15)7-4-12-5-8-14(16-3)9-6-12/h5-6,8-9,11,13H,4,7,10,15H2,1-3H3. The number of hydrogen-bond donors (Lipinski definition) is 1. The maximum Gasteiger partial charge on any atom is 0.118 e. The van der Waals surface area contributed by atoms with Gasteiger partial charge in [0.25, 0.3) is 0 Å². The van der Waals surface area contributed by atoms with Gasteiger partial charge in [0.15, 0.2) is 0 Å². The molecule has 1 aromatic carbocycles. The molecule has 0 aliphatic carbocycles. The van der Waals surface area contributed by atoms with Gasteiger partial charge in [0.1, 0.15) is 5.75 Å². The molecule has 0 radical (unpaired) electrons. The van der Waals surface area contributed by atoms with E-state index >= 15 is 0 Å². The minimum Gasteiger partial charge on any atom is -0.497 e. The van der Waals surface area contributed by atoms with E-state index in [1.54, 1.807) is 7.11 Å². The van der Waals surface area contributed by atoms with Crippen LogP contribution < -0.4 is 10.5 Å². The van der Waals surface area contributed by atoms with Crippen LogP contribution in [-0.4, -0.2) is 25.9 Å². The van der Waals surface area contributed by atoms with Crippen molar-refractivity contribution in [1.29, 1.82) is 0 Å². The molecule has 1 aromatic rings. The van der Waals surface area contributed by atoms with Crippen LogP contribution in [0.5, 0.6) is 5.75 Å². The highest BCUT2D eigenvalue weighted by Gasteiger charge is 2.05. The summed E-state index contributed by atoms with van der Waals surface area (Å²) in [4.78, 5) is 0. The van der Waals surface area contributed by atoms with Gasteiger partial charge < -0.3 is 15.2 Å². The molecule has 0 aromatic heterocycles. The van der Waals surface area contributed by atoms with Crippen LogP contribution >= 0.6 is 0 Å². The zero-order valence-corrected chi connectivity index (χ0v) is 11.0. The van der Waals surface area contributed by atoms with Crippen molar-refractivity contribution in [2.24, 2.45) is 5.73 Å². The number of ether oxygens (including phenoxy) is 2. The van der Waals surface area contributed by atoms with Gasteiger partial charge in [0, 0.05) is 6.04 Å². The minimum absolute atomic E-state index is 0.111. The Balaban J connectivity index is 2.29. The van der Waals surface area contributed by atoms with E-state index in [0.29, 0.717) is 6.61 Å². The van der Waals surface area contributed by atoms with E-state index in [4.69, 9.17) is 15.2 Å². The predicted molar refractivity (Wildman–Crippen MR) is 70.4 cm³/mol. The number of methoxy groups -OCH3 is 1. The summed E-state index contributed by atoms with van der Waals surface area (Å²) in [5.74, 6) is 0.890. The molecule has 0 fully saturated rings. The van der Waals surface area contributed by atoms with Crippen LogP contribution in [0.15, 0.2) is 24.3 Å². The molecule has 2 N–H and O–H groups in total. The number of aryl methyl sites for hydroxylation is 1. The van der Waals surface area contributed by atoms with Crippen LogP contribution in [0.3, 0.4) is 0 Å². The molecule has 96 valence electrons. The van der Waals surface area contributed by atoms with Crippen molar-refractivity contribution in [3.8, 4) is 5.75 Å². The average molecular weight is 237 g/mol. The smallest absolute Gasteiger partial charge is 0.118 e. The van der Waals surface area contributed by atoms with E-state index in [1.165, 1.54) is 5.56 Å². The molecule has 3 nitrogen and oxygen atoms in total. The van der Waals surface area contributed by atoms with Crippen molar-refractivity contribution in [3.05, 3.63) is 29.8 Å². The fourth-order valence-electron chi connectivity index (χ4n) is 1.54. The Kier molecular flexibility index (Phi) is 6.01. The topological polar surface area (TPSA) is 44.5 Å². The van der Waals surface area contributed by atoms with Gasteiger partial charge >= 0.3 is 0 Å². The van der Waals surface area contributed by atoms with Crippen molar-refractivity contribution in [3.63, 3.8) is 0 Å². The molecular formula is C14H23NO2. The fourth-order valence-corrected chi connectivity index (χ4v) is 1.54. The molecule has 0 aliphatic heterocycles. The molecule has 0 saturated carbocycles. The van der Waals surface area contributed by atoms with E-state index in [2.05, 4.69) is 12.1 Å². The minimum atomic E-state index is 0.111. The fraction of sp³-hybridized carbons (Fsp3) is 0.571.